The second-order valence-electron chi connectivity index (χ2n) is 17.8. The van der Waals surface area contributed by atoms with Gasteiger partial charge in [-0.25, -0.2) is 14.4 Å². The lowest BCUT2D eigenvalue weighted by atomic mass is 10.1. The van der Waals surface area contributed by atoms with Crippen molar-refractivity contribution in [2.24, 2.45) is 0 Å². The zero-order valence-corrected chi connectivity index (χ0v) is 38.7. The van der Waals surface area contributed by atoms with Gasteiger partial charge in [-0.2, -0.15) is 7.82 Å². The predicted octanol–water partition coefficient (Wildman–Crippen LogP) is 3.73. The number of hydrogen-bond acceptors (Lipinski definition) is 13. The first-order valence-electron chi connectivity index (χ1n) is 19.7. The van der Waals surface area contributed by atoms with Crippen molar-refractivity contribution in [2.45, 2.75) is 20.8 Å². The van der Waals surface area contributed by atoms with Crippen molar-refractivity contribution in [1.29, 1.82) is 0 Å². The monoisotopic (exact) mass is 881 g/mol. The van der Waals surface area contributed by atoms with E-state index < -0.39 is 7.82 Å². The highest BCUT2D eigenvalue weighted by molar-refractivity contribution is 7.40. The van der Waals surface area contributed by atoms with Crippen molar-refractivity contribution >= 4 is 40.7 Å². The van der Waals surface area contributed by atoms with Gasteiger partial charge in [0.1, 0.15) is 73.5 Å². The van der Waals surface area contributed by atoms with Crippen molar-refractivity contribution in [3.05, 3.63) is 121 Å². The molecule has 6 rings (SSSR count). The van der Waals surface area contributed by atoms with Crippen molar-refractivity contribution in [1.82, 2.24) is 0 Å². The van der Waals surface area contributed by atoms with Crippen LogP contribution in [0, 0.1) is 20.8 Å². The lowest BCUT2D eigenvalue weighted by molar-refractivity contribution is -0.870. The number of benzene rings is 3. The molecule has 3 aromatic carbocycles. The molecule has 0 bridgehead atoms. The molecular formula is C45H60N3O13P. The average Bonchev–Trinajstić information content (AvgIpc) is 3.09. The van der Waals surface area contributed by atoms with E-state index in [0.717, 1.165) is 83.2 Å². The van der Waals surface area contributed by atoms with E-state index in [1.807, 2.05) is 57.2 Å². The molecule has 0 amide bonds. The summed E-state index contributed by atoms with van der Waals surface area (Å²) in [6.07, 6.45) is 0. The van der Waals surface area contributed by atoms with Crippen LogP contribution in [0.4, 0.5) is 0 Å². The van der Waals surface area contributed by atoms with Crippen LogP contribution in [0.1, 0.15) is 16.7 Å². The molecule has 0 aliphatic carbocycles. The zero-order chi connectivity index (χ0) is 46.6. The Morgan fingerprint density at radius 1 is 0.452 bits per heavy atom. The number of likely N-dealkylation sites (N-methyl/N-ethyl adjacent to an activating group) is 3. The first kappa shape index (κ1) is 51.0. The molecular weight excluding hydrogens is 821 g/mol. The summed E-state index contributed by atoms with van der Waals surface area (Å²) in [6.45, 7) is 10.3. The number of ether oxygens (including phenoxy) is 3. The largest absolute Gasteiger partial charge is 0.822 e. The van der Waals surface area contributed by atoms with E-state index in [-0.39, 0.29) is 16.9 Å². The summed E-state index contributed by atoms with van der Waals surface area (Å²) >= 11 is 0. The third-order valence-electron chi connectivity index (χ3n) is 8.86. The molecule has 3 heterocycles. The fraction of sp³-hybridized carbons (Fsp3) is 0.400. The lowest BCUT2D eigenvalue weighted by Gasteiger charge is -2.36. The molecule has 0 atom stereocenters. The van der Waals surface area contributed by atoms with Crippen molar-refractivity contribution < 1.29 is 60.2 Å². The average molecular weight is 882 g/mol. The minimum absolute atomic E-state index is 0.325. The van der Waals surface area contributed by atoms with Gasteiger partial charge in [0.2, 0.25) is 0 Å². The molecule has 0 aliphatic heterocycles. The van der Waals surface area contributed by atoms with Crippen molar-refractivity contribution in [3.63, 3.8) is 0 Å². The molecule has 338 valence electrons. The fourth-order valence-corrected chi connectivity index (χ4v) is 5.50. The van der Waals surface area contributed by atoms with E-state index >= 15 is 0 Å². The second kappa shape index (κ2) is 21.7. The Balaban J connectivity index is 0.000000234. The Morgan fingerprint density at radius 2 is 0.677 bits per heavy atom. The van der Waals surface area contributed by atoms with E-state index in [4.69, 9.17) is 46.7 Å². The Bertz CT molecular complexity index is 2360. The van der Waals surface area contributed by atoms with Gasteiger partial charge in [-0.1, -0.05) is 0 Å². The van der Waals surface area contributed by atoms with Gasteiger partial charge in [-0.15, -0.1) is 0 Å². The van der Waals surface area contributed by atoms with Crippen LogP contribution < -0.4 is 45.8 Å². The van der Waals surface area contributed by atoms with Gasteiger partial charge in [0.05, 0.1) is 63.4 Å². The van der Waals surface area contributed by atoms with Crippen LogP contribution in [-0.4, -0.2) is 116 Å². The maximum atomic E-state index is 11.4. The number of fused-ring (bicyclic) bond motifs is 3. The smallest absolute Gasteiger partial charge is 0.336 e. The maximum Gasteiger partial charge on any atom is 0.336 e. The lowest BCUT2D eigenvalue weighted by Crippen LogP contribution is -2.38. The van der Waals surface area contributed by atoms with Gasteiger partial charge < -0.3 is 60.2 Å². The quantitative estimate of drug-likeness (QED) is 0.0978. The minimum Gasteiger partial charge on any atom is -0.822 e. The molecule has 6 aromatic rings. The van der Waals surface area contributed by atoms with Gasteiger partial charge in [0.25, 0.3) is 0 Å². The standard InChI is InChI=1S/3C15H20NO3.H3O4P/c3*1-11-9-15(17)19-14-10-12(5-6-13(11)14)18-8-7-16(2,3)4;1-5(2,3)4/h3*5-6,9-10H,7-8H2,1-4H3;(H3,1,2,3,4)/q3*+1;/p-3. The van der Waals surface area contributed by atoms with Crippen LogP contribution >= 0.6 is 7.82 Å². The SMILES string of the molecule is Cc1cc(=O)oc2cc(OCC[N+](C)(C)C)ccc12.Cc1cc(=O)oc2cc(OCC[N+](C)(C)C)ccc12.Cc1cc(=O)oc2cc(OCC[N+](C)(C)C)ccc12.O=P([O-])([O-])[O-]. The third kappa shape index (κ3) is 19.2. The van der Waals surface area contributed by atoms with Crippen LogP contribution in [-0.2, 0) is 4.57 Å². The predicted molar refractivity (Wildman–Crippen MR) is 234 cm³/mol. The second-order valence-corrected chi connectivity index (χ2v) is 18.6. The zero-order valence-electron chi connectivity index (χ0n) is 37.8. The van der Waals surface area contributed by atoms with Gasteiger partial charge in [-0.05, 0) is 73.9 Å². The highest BCUT2D eigenvalue weighted by atomic mass is 31.2. The Hall–Kier alpha value is -5.32. The first-order chi connectivity index (χ1) is 28.5. The molecule has 16 nitrogen and oxygen atoms in total. The van der Waals surface area contributed by atoms with E-state index in [1.165, 1.54) is 18.2 Å². The van der Waals surface area contributed by atoms with Gasteiger partial charge >= 0.3 is 16.9 Å². The molecule has 0 unspecified atom stereocenters. The van der Waals surface area contributed by atoms with Gasteiger partial charge in [-0.3, -0.25) is 0 Å². The number of phosphoric acid groups is 1. The summed E-state index contributed by atoms with van der Waals surface area (Å²) in [5.74, 6) is 2.19. The normalized spacial score (nSPS) is 11.8. The van der Waals surface area contributed by atoms with Crippen LogP contribution in [0.3, 0.4) is 0 Å². The number of aryl methyl sites for hydroxylation is 3. The summed E-state index contributed by atoms with van der Waals surface area (Å²) in [5, 5.41) is 2.83. The number of nitrogens with zero attached hydrogens (tertiary/aromatic N) is 3. The highest BCUT2D eigenvalue weighted by Gasteiger charge is 2.11. The van der Waals surface area contributed by atoms with E-state index in [1.54, 1.807) is 18.2 Å². The van der Waals surface area contributed by atoms with E-state index in [0.29, 0.717) is 36.6 Å². The van der Waals surface area contributed by atoms with Crippen molar-refractivity contribution in [2.75, 3.05) is 103 Å². The molecule has 62 heavy (non-hydrogen) atoms. The molecule has 3 aromatic heterocycles. The Labute approximate surface area is 361 Å². The molecule has 0 saturated carbocycles. The summed E-state index contributed by atoms with van der Waals surface area (Å²) in [5.41, 5.74) is 3.52. The summed E-state index contributed by atoms with van der Waals surface area (Å²) in [4.78, 5) is 59.7. The van der Waals surface area contributed by atoms with Crippen LogP contribution in [0.15, 0.2) is 100 Å². The third-order valence-corrected chi connectivity index (χ3v) is 8.86. The highest BCUT2D eigenvalue weighted by Crippen LogP contribution is 2.24. The number of hydrogen-bond donors (Lipinski definition) is 0. The summed E-state index contributed by atoms with van der Waals surface area (Å²) in [6, 6.07) is 21.3. The fourth-order valence-electron chi connectivity index (χ4n) is 5.50. The van der Waals surface area contributed by atoms with Crippen LogP contribution in [0.25, 0.3) is 32.9 Å². The number of quaternary nitrogens is 3. The van der Waals surface area contributed by atoms with Gasteiger partial charge in [0.15, 0.2) is 0 Å². The van der Waals surface area contributed by atoms with E-state index in [9.17, 15) is 14.4 Å². The first-order valence-corrected chi connectivity index (χ1v) is 21.2. The van der Waals surface area contributed by atoms with E-state index in [2.05, 4.69) is 63.4 Å². The molecule has 0 spiro atoms. The Kier molecular flexibility index (Phi) is 17.8. The molecule has 17 heteroatoms. The van der Waals surface area contributed by atoms with Crippen LogP contribution in [0.5, 0.6) is 17.2 Å². The van der Waals surface area contributed by atoms with Gasteiger partial charge in [0, 0.05) is 52.6 Å². The Morgan fingerprint density at radius 3 is 0.887 bits per heavy atom. The topological polar surface area (TPSA) is 205 Å². The molecule has 0 fully saturated rings. The molecule has 0 aliphatic rings. The number of rotatable bonds is 12. The molecule has 0 saturated heterocycles. The molecule has 0 radical (unpaired) electrons. The van der Waals surface area contributed by atoms with Crippen molar-refractivity contribution in [3.8, 4) is 17.2 Å². The summed E-state index contributed by atoms with van der Waals surface area (Å²) in [7, 11) is 13.7. The maximum absolute atomic E-state index is 11.4. The minimum atomic E-state index is -5.39. The summed E-state index contributed by atoms with van der Waals surface area (Å²) < 4.78 is 43.7. The van der Waals surface area contributed by atoms with Crippen LogP contribution in [0.2, 0.25) is 0 Å². The molecule has 0 N–H and O–H groups in total.